The fourth-order valence-electron chi connectivity index (χ4n) is 4.22. The van der Waals surface area contributed by atoms with Crippen molar-refractivity contribution in [2.24, 2.45) is 0 Å². The van der Waals surface area contributed by atoms with Crippen molar-refractivity contribution in [3.8, 4) is 0 Å². The molecule has 2 aliphatic rings. The molecule has 31 heavy (non-hydrogen) atoms. The van der Waals surface area contributed by atoms with Crippen molar-refractivity contribution < 1.29 is 14.4 Å². The van der Waals surface area contributed by atoms with E-state index in [1.165, 1.54) is 4.90 Å². The molecule has 0 aliphatic carbocycles. The number of rotatable bonds is 7. The third-order valence-electron chi connectivity index (χ3n) is 5.82. The molecule has 2 fully saturated rings. The minimum absolute atomic E-state index is 0.0589. The lowest BCUT2D eigenvalue weighted by Crippen LogP contribution is -2.70. The number of carbonyl (C=O) groups is 3. The molecule has 0 saturated carbocycles. The van der Waals surface area contributed by atoms with Crippen molar-refractivity contribution in [2.75, 3.05) is 19.6 Å². The van der Waals surface area contributed by atoms with Crippen LogP contribution in [0.5, 0.6) is 0 Å². The number of piperidine rings is 1. The zero-order chi connectivity index (χ0) is 21.6. The van der Waals surface area contributed by atoms with Crippen LogP contribution in [0.25, 0.3) is 0 Å². The van der Waals surface area contributed by atoms with Crippen LogP contribution >= 0.6 is 0 Å². The second kappa shape index (κ2) is 9.70. The maximum Gasteiger partial charge on any atom is 0.327 e. The largest absolute Gasteiger partial charge is 0.354 e. The van der Waals surface area contributed by atoms with E-state index >= 15 is 0 Å². The van der Waals surface area contributed by atoms with Crippen LogP contribution in [0.15, 0.2) is 54.9 Å². The molecule has 8 nitrogen and oxygen atoms in total. The Morgan fingerprint density at radius 2 is 1.87 bits per heavy atom. The third kappa shape index (κ3) is 4.91. The molecule has 2 N–H and O–H groups in total. The lowest BCUT2D eigenvalue weighted by molar-refractivity contribution is -0.139. The number of benzene rings is 1. The predicted molar refractivity (Wildman–Crippen MR) is 115 cm³/mol. The smallest absolute Gasteiger partial charge is 0.327 e. The Bertz CT molecular complexity index is 921. The van der Waals surface area contributed by atoms with Gasteiger partial charge in [-0.05, 0) is 49.1 Å². The fourth-order valence-corrected chi connectivity index (χ4v) is 4.22. The van der Waals surface area contributed by atoms with Crippen molar-refractivity contribution in [3.05, 3.63) is 66.0 Å². The topological polar surface area (TPSA) is 94.6 Å². The molecule has 8 heteroatoms. The van der Waals surface area contributed by atoms with Crippen LogP contribution in [0.3, 0.4) is 0 Å². The second-order valence-corrected chi connectivity index (χ2v) is 7.92. The molecule has 1 aromatic carbocycles. The normalized spacial score (nSPS) is 21.0. The van der Waals surface area contributed by atoms with E-state index in [0.717, 1.165) is 30.5 Å². The Morgan fingerprint density at radius 1 is 1.10 bits per heavy atom. The highest BCUT2D eigenvalue weighted by Gasteiger charge is 2.47. The molecule has 1 aromatic heterocycles. The number of carbonyl (C=O) groups excluding carboxylic acids is 3. The Hall–Kier alpha value is -3.26. The van der Waals surface area contributed by atoms with Crippen LogP contribution in [0.1, 0.15) is 24.0 Å². The van der Waals surface area contributed by atoms with Crippen LogP contribution in [0, 0.1) is 0 Å². The van der Waals surface area contributed by atoms with E-state index in [1.54, 1.807) is 29.4 Å². The van der Waals surface area contributed by atoms with Gasteiger partial charge < -0.3 is 15.5 Å². The molecule has 2 unspecified atom stereocenters. The van der Waals surface area contributed by atoms with E-state index in [4.69, 9.17) is 0 Å². The summed E-state index contributed by atoms with van der Waals surface area (Å²) in [5.41, 5.74) is 1.96. The molecular weight excluding hydrogens is 394 g/mol. The molecule has 4 rings (SSSR count). The first-order valence-corrected chi connectivity index (χ1v) is 10.7. The number of nitrogens with one attached hydrogen (secondary N) is 2. The monoisotopic (exact) mass is 421 g/mol. The first kappa shape index (κ1) is 21.0. The third-order valence-corrected chi connectivity index (χ3v) is 5.82. The lowest BCUT2D eigenvalue weighted by Gasteiger charge is -2.46. The summed E-state index contributed by atoms with van der Waals surface area (Å²) >= 11 is 0. The molecule has 2 aromatic rings. The van der Waals surface area contributed by atoms with Crippen LogP contribution in [-0.2, 0) is 22.6 Å². The number of hydrogen-bond acceptors (Lipinski definition) is 5. The number of urea groups is 1. The van der Waals surface area contributed by atoms with Gasteiger partial charge in [0, 0.05) is 18.9 Å². The van der Waals surface area contributed by atoms with Crippen LogP contribution in [-0.4, -0.2) is 64.3 Å². The van der Waals surface area contributed by atoms with Gasteiger partial charge in [0.05, 0.1) is 12.6 Å². The zero-order valence-corrected chi connectivity index (χ0v) is 17.4. The summed E-state index contributed by atoms with van der Waals surface area (Å²) in [4.78, 5) is 45.7. The number of nitrogens with zero attached hydrogens (tertiary/aromatic N) is 3. The molecule has 4 amide bonds. The van der Waals surface area contributed by atoms with Crippen molar-refractivity contribution in [2.45, 2.75) is 37.9 Å². The van der Waals surface area contributed by atoms with E-state index in [0.29, 0.717) is 13.0 Å². The van der Waals surface area contributed by atoms with Gasteiger partial charge in [0.1, 0.15) is 12.6 Å². The number of pyridine rings is 1. The SMILES string of the molecule is O=C(CN1C(=O)N(Cc2ccncc2)C(=O)C2NCCCC21)NCCc1ccccc1. The fraction of sp³-hybridized carbons (Fsp3) is 0.391. The average molecular weight is 422 g/mol. The molecule has 3 heterocycles. The van der Waals surface area contributed by atoms with Crippen molar-refractivity contribution >= 4 is 17.8 Å². The molecule has 2 atom stereocenters. The highest BCUT2D eigenvalue weighted by molar-refractivity contribution is 6.01. The van der Waals surface area contributed by atoms with Gasteiger partial charge in [-0.25, -0.2) is 4.79 Å². The first-order chi connectivity index (χ1) is 15.1. The maximum absolute atomic E-state index is 13.2. The van der Waals surface area contributed by atoms with Gasteiger partial charge >= 0.3 is 6.03 Å². The second-order valence-electron chi connectivity index (χ2n) is 7.92. The Kier molecular flexibility index (Phi) is 6.57. The van der Waals surface area contributed by atoms with Gasteiger partial charge in [-0.1, -0.05) is 30.3 Å². The lowest BCUT2D eigenvalue weighted by atomic mass is 9.93. The molecule has 2 aliphatic heterocycles. The van der Waals surface area contributed by atoms with Crippen LogP contribution in [0.2, 0.25) is 0 Å². The maximum atomic E-state index is 13.2. The van der Waals surface area contributed by atoms with Gasteiger partial charge in [0.25, 0.3) is 0 Å². The van der Waals surface area contributed by atoms with Gasteiger partial charge in [-0.2, -0.15) is 0 Å². The minimum atomic E-state index is -0.481. The van der Waals surface area contributed by atoms with E-state index in [1.807, 2.05) is 30.3 Å². The highest BCUT2D eigenvalue weighted by atomic mass is 16.2. The van der Waals surface area contributed by atoms with Crippen LogP contribution < -0.4 is 10.6 Å². The number of aromatic nitrogens is 1. The number of hydrogen-bond donors (Lipinski definition) is 2. The summed E-state index contributed by atoms with van der Waals surface area (Å²) in [5.74, 6) is -0.445. The van der Waals surface area contributed by atoms with Crippen LogP contribution in [0.4, 0.5) is 4.79 Å². The van der Waals surface area contributed by atoms with E-state index in [-0.39, 0.29) is 30.9 Å². The van der Waals surface area contributed by atoms with Gasteiger partial charge in [-0.3, -0.25) is 19.5 Å². The summed E-state index contributed by atoms with van der Waals surface area (Å²) in [6.07, 6.45) is 5.55. The molecule has 2 saturated heterocycles. The standard InChI is InChI=1S/C23H27N5O3/c29-20(25-14-10-17-5-2-1-3-6-17)16-27-19-7-4-11-26-21(19)22(30)28(23(27)31)15-18-8-12-24-13-9-18/h1-3,5-6,8-9,12-13,19,21,26H,4,7,10-11,14-16H2,(H,25,29). The van der Waals surface area contributed by atoms with Crippen molar-refractivity contribution in [3.63, 3.8) is 0 Å². The summed E-state index contributed by atoms with van der Waals surface area (Å²) in [5, 5.41) is 6.15. The van der Waals surface area contributed by atoms with E-state index in [9.17, 15) is 14.4 Å². The number of fused-ring (bicyclic) bond motifs is 1. The molecule has 0 bridgehead atoms. The predicted octanol–water partition coefficient (Wildman–Crippen LogP) is 1.33. The van der Waals surface area contributed by atoms with Gasteiger partial charge in [-0.15, -0.1) is 0 Å². The average Bonchev–Trinajstić information content (AvgIpc) is 2.81. The molecular formula is C23H27N5O3. The summed E-state index contributed by atoms with van der Waals surface area (Å²) < 4.78 is 0. The number of amides is 4. The quantitative estimate of drug-likeness (QED) is 0.703. The Labute approximate surface area is 181 Å². The van der Waals surface area contributed by atoms with E-state index in [2.05, 4.69) is 15.6 Å². The first-order valence-electron chi connectivity index (χ1n) is 10.7. The van der Waals surface area contributed by atoms with Gasteiger partial charge in [0.2, 0.25) is 11.8 Å². The molecule has 0 spiro atoms. The Balaban J connectivity index is 1.43. The summed E-state index contributed by atoms with van der Waals surface area (Å²) in [7, 11) is 0. The van der Waals surface area contributed by atoms with Crippen molar-refractivity contribution in [1.82, 2.24) is 25.4 Å². The summed E-state index contributed by atoms with van der Waals surface area (Å²) in [6, 6.07) is 12.3. The highest BCUT2D eigenvalue weighted by Crippen LogP contribution is 2.25. The Morgan fingerprint density at radius 3 is 2.65 bits per heavy atom. The van der Waals surface area contributed by atoms with Crippen molar-refractivity contribution in [1.29, 1.82) is 0 Å². The minimum Gasteiger partial charge on any atom is -0.354 e. The van der Waals surface area contributed by atoms with E-state index < -0.39 is 12.1 Å². The molecule has 0 radical (unpaired) electrons. The zero-order valence-electron chi connectivity index (χ0n) is 17.4. The van der Waals surface area contributed by atoms with Gasteiger partial charge in [0.15, 0.2) is 0 Å². The number of imide groups is 1. The molecule has 162 valence electrons. The summed E-state index contributed by atoms with van der Waals surface area (Å²) in [6.45, 7) is 1.33.